The van der Waals surface area contributed by atoms with Crippen LogP contribution in [0.15, 0.2) is 28.8 Å². The second-order valence-corrected chi connectivity index (χ2v) is 9.93. The predicted octanol–water partition coefficient (Wildman–Crippen LogP) is 2.20. The molecular weight excluding hydrogens is 392 g/mol. The summed E-state index contributed by atoms with van der Waals surface area (Å²) in [5.74, 6) is 0.261. The van der Waals surface area contributed by atoms with E-state index in [2.05, 4.69) is 10.3 Å². The van der Waals surface area contributed by atoms with Crippen molar-refractivity contribution >= 4 is 26.7 Å². The number of hydrogen-bond donors (Lipinski definition) is 0. The van der Waals surface area contributed by atoms with Crippen LogP contribution in [-0.4, -0.2) is 52.7 Å². The van der Waals surface area contributed by atoms with Gasteiger partial charge in [-0.05, 0) is 32.4 Å². The number of benzene rings is 1. The molecule has 0 radical (unpaired) electrons. The fourth-order valence-electron chi connectivity index (χ4n) is 3.92. The number of carbonyl (C=O) groups excluding carboxylic acids is 1. The summed E-state index contributed by atoms with van der Waals surface area (Å²) in [5, 5.41) is 9.45. The Balaban J connectivity index is 1.49. The van der Waals surface area contributed by atoms with Gasteiger partial charge in [0.2, 0.25) is 5.91 Å². The minimum atomic E-state index is -2.99. The lowest BCUT2D eigenvalue weighted by molar-refractivity contribution is -0.129. The number of aromatic nitrogens is 3. The molecule has 0 bridgehead atoms. The van der Waals surface area contributed by atoms with Crippen molar-refractivity contribution in [2.75, 3.05) is 18.6 Å². The highest BCUT2D eigenvalue weighted by molar-refractivity contribution is 7.91. The Labute approximate surface area is 169 Å². The molecule has 0 unspecified atom stereocenters. The molecule has 3 heterocycles. The van der Waals surface area contributed by atoms with Crippen molar-refractivity contribution in [3.05, 3.63) is 46.9 Å². The number of carbonyl (C=O) groups is 1. The van der Waals surface area contributed by atoms with Gasteiger partial charge in [-0.1, -0.05) is 17.3 Å². The average molecular weight is 417 g/mol. The Morgan fingerprint density at radius 1 is 1.31 bits per heavy atom. The van der Waals surface area contributed by atoms with E-state index in [1.807, 2.05) is 42.8 Å². The normalized spacial score (nSPS) is 18.4. The topological polar surface area (TPSA) is 98.3 Å². The van der Waals surface area contributed by atoms with Crippen LogP contribution in [0.1, 0.15) is 35.1 Å². The average Bonchev–Trinajstić information content (AvgIpc) is 3.33. The third-order valence-corrected chi connectivity index (χ3v) is 7.37. The number of hydrogen-bond acceptors (Lipinski definition) is 6. The number of sulfone groups is 1. The highest BCUT2D eigenvalue weighted by Crippen LogP contribution is 2.27. The van der Waals surface area contributed by atoms with Crippen LogP contribution >= 0.6 is 0 Å². The van der Waals surface area contributed by atoms with E-state index in [1.54, 1.807) is 11.9 Å². The van der Waals surface area contributed by atoms with Gasteiger partial charge in [0, 0.05) is 30.2 Å². The van der Waals surface area contributed by atoms with E-state index in [1.165, 1.54) is 0 Å². The number of amides is 1. The minimum absolute atomic E-state index is 0.0703. The quantitative estimate of drug-likeness (QED) is 0.632. The molecule has 0 saturated carbocycles. The van der Waals surface area contributed by atoms with Crippen LogP contribution in [0.4, 0.5) is 0 Å². The van der Waals surface area contributed by atoms with Crippen molar-refractivity contribution in [1.29, 1.82) is 0 Å². The van der Waals surface area contributed by atoms with E-state index < -0.39 is 9.84 Å². The zero-order valence-corrected chi connectivity index (χ0v) is 17.6. The van der Waals surface area contributed by atoms with Gasteiger partial charge in [0.1, 0.15) is 5.69 Å². The smallest absolute Gasteiger partial charge is 0.228 e. The van der Waals surface area contributed by atoms with Crippen LogP contribution < -0.4 is 0 Å². The van der Waals surface area contributed by atoms with Crippen LogP contribution in [0.5, 0.6) is 0 Å². The second kappa shape index (κ2) is 7.29. The van der Waals surface area contributed by atoms with E-state index in [9.17, 15) is 13.2 Å². The Kier molecular flexibility index (Phi) is 4.94. The summed E-state index contributed by atoms with van der Waals surface area (Å²) in [6.45, 7) is 4.24. The summed E-state index contributed by atoms with van der Waals surface area (Å²) in [4.78, 5) is 14.4. The summed E-state index contributed by atoms with van der Waals surface area (Å²) in [7, 11) is -1.24. The summed E-state index contributed by atoms with van der Waals surface area (Å²) in [6, 6.07) is 7.34. The van der Waals surface area contributed by atoms with Gasteiger partial charge in [-0.15, -0.1) is 0 Å². The number of likely N-dealkylation sites (N-methyl/N-ethyl adjacent to an activating group) is 1. The van der Waals surface area contributed by atoms with Crippen molar-refractivity contribution in [2.45, 2.75) is 39.3 Å². The van der Waals surface area contributed by atoms with Gasteiger partial charge in [0.15, 0.2) is 15.4 Å². The van der Waals surface area contributed by atoms with Gasteiger partial charge < -0.3 is 9.42 Å². The number of fused-ring (bicyclic) bond motifs is 1. The van der Waals surface area contributed by atoms with Crippen LogP contribution in [-0.2, 0) is 27.6 Å². The molecule has 4 rings (SSSR count). The largest absolute Gasteiger partial charge is 0.356 e. The van der Waals surface area contributed by atoms with Crippen LogP contribution in [0.2, 0.25) is 0 Å². The highest BCUT2D eigenvalue weighted by Gasteiger charge is 2.31. The Morgan fingerprint density at radius 3 is 2.79 bits per heavy atom. The first kappa shape index (κ1) is 19.6. The molecule has 0 aliphatic carbocycles. The zero-order valence-electron chi connectivity index (χ0n) is 16.8. The molecule has 29 heavy (non-hydrogen) atoms. The fraction of sp³-hybridized carbons (Fsp3) is 0.450. The molecular formula is C20H24N4O4S. The van der Waals surface area contributed by atoms with Crippen LogP contribution in [0.25, 0.3) is 11.0 Å². The molecule has 154 valence electrons. The summed E-state index contributed by atoms with van der Waals surface area (Å²) < 4.78 is 30.7. The molecule has 1 aliphatic rings. The number of rotatable bonds is 5. The molecule has 1 amide bonds. The van der Waals surface area contributed by atoms with Crippen molar-refractivity contribution in [2.24, 2.45) is 0 Å². The lowest BCUT2D eigenvalue weighted by atomic mass is 10.1. The molecule has 1 fully saturated rings. The molecule has 1 saturated heterocycles. The van der Waals surface area contributed by atoms with Crippen molar-refractivity contribution in [3.8, 4) is 0 Å². The maximum absolute atomic E-state index is 12.8. The van der Waals surface area contributed by atoms with Gasteiger partial charge in [-0.25, -0.2) is 8.42 Å². The summed E-state index contributed by atoms with van der Waals surface area (Å²) in [6.07, 6.45) is 0.734. The molecule has 8 nitrogen and oxygen atoms in total. The Bertz CT molecular complexity index is 1180. The van der Waals surface area contributed by atoms with E-state index in [-0.39, 0.29) is 29.9 Å². The maximum Gasteiger partial charge on any atom is 0.228 e. The fourth-order valence-corrected chi connectivity index (χ4v) is 5.61. The predicted molar refractivity (Wildman–Crippen MR) is 108 cm³/mol. The first-order valence-electron chi connectivity index (χ1n) is 9.57. The monoisotopic (exact) mass is 416 g/mol. The van der Waals surface area contributed by atoms with Gasteiger partial charge in [-0.2, -0.15) is 5.10 Å². The summed E-state index contributed by atoms with van der Waals surface area (Å²) >= 11 is 0. The Hall–Kier alpha value is -2.68. The van der Waals surface area contributed by atoms with Crippen LogP contribution in [0, 0.1) is 13.8 Å². The molecule has 1 aliphatic heterocycles. The molecule has 3 aromatic rings. The minimum Gasteiger partial charge on any atom is -0.356 e. The zero-order chi connectivity index (χ0) is 20.8. The van der Waals surface area contributed by atoms with Gasteiger partial charge in [-0.3, -0.25) is 9.48 Å². The molecule has 1 atom stereocenters. The molecule has 0 N–H and O–H groups in total. The first-order valence-corrected chi connectivity index (χ1v) is 11.4. The SMILES string of the molecule is Cc1nn([C@H]2CCS(=O)(=O)C2)c(C)c1CN(C)C(=O)Cc1noc2ccccc12. The lowest BCUT2D eigenvalue weighted by Gasteiger charge is -2.17. The van der Waals surface area contributed by atoms with Gasteiger partial charge in [0.05, 0.1) is 29.7 Å². The maximum atomic E-state index is 12.8. The van der Waals surface area contributed by atoms with Crippen molar-refractivity contribution in [1.82, 2.24) is 19.8 Å². The number of nitrogens with zero attached hydrogens (tertiary/aromatic N) is 4. The first-order chi connectivity index (χ1) is 13.7. The molecule has 1 aromatic carbocycles. The third kappa shape index (κ3) is 3.78. The van der Waals surface area contributed by atoms with Crippen molar-refractivity contribution in [3.63, 3.8) is 0 Å². The van der Waals surface area contributed by atoms with Gasteiger partial charge >= 0.3 is 0 Å². The lowest BCUT2D eigenvalue weighted by Crippen LogP contribution is -2.28. The van der Waals surface area contributed by atoms with E-state index in [0.29, 0.717) is 24.2 Å². The van der Waals surface area contributed by atoms with Crippen molar-refractivity contribution < 1.29 is 17.7 Å². The third-order valence-electron chi connectivity index (χ3n) is 5.62. The number of aryl methyl sites for hydroxylation is 1. The van der Waals surface area contributed by atoms with Crippen LogP contribution in [0.3, 0.4) is 0 Å². The number of para-hydroxylation sites is 1. The highest BCUT2D eigenvalue weighted by atomic mass is 32.2. The second-order valence-electron chi connectivity index (χ2n) is 7.70. The molecule has 2 aromatic heterocycles. The standard InChI is InChI=1S/C20H24N4O4S/c1-13-17(14(2)24(21-13)15-8-9-29(26,27)12-15)11-23(3)20(25)10-18-16-6-4-5-7-19(16)28-22-18/h4-7,15H,8-12H2,1-3H3/t15-/m0/s1. The van der Waals surface area contributed by atoms with E-state index in [4.69, 9.17) is 4.52 Å². The Morgan fingerprint density at radius 2 is 2.07 bits per heavy atom. The molecule has 9 heteroatoms. The van der Waals surface area contributed by atoms with E-state index in [0.717, 1.165) is 22.3 Å². The van der Waals surface area contributed by atoms with E-state index >= 15 is 0 Å². The molecule has 0 spiro atoms. The summed E-state index contributed by atoms with van der Waals surface area (Å²) in [5.41, 5.74) is 3.97. The van der Waals surface area contributed by atoms with Gasteiger partial charge in [0.25, 0.3) is 0 Å².